The number of nitrogens with zero attached hydrogens (tertiary/aromatic N) is 3. The summed E-state index contributed by atoms with van der Waals surface area (Å²) in [5.74, 6) is -0.603. The largest absolute Gasteiger partial charge is 0.418 e. The van der Waals surface area contributed by atoms with E-state index in [1.54, 1.807) is 4.90 Å². The molecule has 2 bridgehead atoms. The number of amides is 3. The van der Waals surface area contributed by atoms with Crippen molar-refractivity contribution in [2.75, 3.05) is 19.6 Å². The first-order chi connectivity index (χ1) is 12.2. The Hall–Kier alpha value is -2.16. The molecule has 5 N–H and O–H groups in total. The van der Waals surface area contributed by atoms with E-state index in [2.05, 4.69) is 9.76 Å². The fourth-order valence-electron chi connectivity index (χ4n) is 3.36. The molecule has 2 unspecified atom stereocenters. The van der Waals surface area contributed by atoms with Crippen LogP contribution in [0, 0.1) is 5.41 Å². The Morgan fingerprint density at radius 2 is 2.04 bits per heavy atom. The number of nitrogens with two attached hydrogens (primary N) is 1. The van der Waals surface area contributed by atoms with Crippen molar-refractivity contribution >= 4 is 28.3 Å². The molecule has 3 amide bonds. The van der Waals surface area contributed by atoms with Crippen LogP contribution >= 0.6 is 0 Å². The standard InChI is InChI=1S/C12H20N6O7S/c13-11(14)16-4-3-8(6-16)24-15-10(19)9-2-1-7-5-17(9)12(20)18(7)25-26(21,22)23/h7-9H,1-6H2,(H3,13,14)(H,15,19)(H,21,22,23)/t7?,8?,9-/m0/s1. The van der Waals surface area contributed by atoms with Crippen molar-refractivity contribution in [2.24, 2.45) is 5.73 Å². The topological polar surface area (TPSA) is 179 Å². The van der Waals surface area contributed by atoms with Crippen LogP contribution in [0.1, 0.15) is 19.3 Å². The molecule has 14 heteroatoms. The second-order valence-corrected chi connectivity index (χ2v) is 7.34. The number of nitrogens with one attached hydrogen (secondary N) is 2. The van der Waals surface area contributed by atoms with Crippen LogP contribution < -0.4 is 11.2 Å². The van der Waals surface area contributed by atoms with Gasteiger partial charge < -0.3 is 15.5 Å². The van der Waals surface area contributed by atoms with Crippen molar-refractivity contribution in [2.45, 2.75) is 37.5 Å². The van der Waals surface area contributed by atoms with Gasteiger partial charge in [0.2, 0.25) is 0 Å². The molecule has 3 saturated heterocycles. The summed E-state index contributed by atoms with van der Waals surface area (Å²) in [6, 6.07) is -2.21. The minimum absolute atomic E-state index is 0.0673. The van der Waals surface area contributed by atoms with E-state index < -0.39 is 34.4 Å². The molecule has 3 rings (SSSR count). The quantitative estimate of drug-likeness (QED) is 0.178. The molecule has 0 aromatic carbocycles. The number of fused-ring (bicyclic) bond motifs is 2. The summed E-state index contributed by atoms with van der Waals surface area (Å²) in [6.45, 7) is 1.03. The second-order valence-electron chi connectivity index (χ2n) is 6.34. The van der Waals surface area contributed by atoms with Crippen LogP contribution in [0.2, 0.25) is 0 Å². The lowest BCUT2D eigenvalue weighted by Gasteiger charge is -2.29. The first-order valence-corrected chi connectivity index (χ1v) is 9.33. The minimum Gasteiger partial charge on any atom is -0.370 e. The predicted octanol–water partition coefficient (Wildman–Crippen LogP) is -2.00. The van der Waals surface area contributed by atoms with E-state index in [9.17, 15) is 18.0 Å². The van der Waals surface area contributed by atoms with Gasteiger partial charge in [-0.15, -0.1) is 4.28 Å². The molecule has 13 nitrogen and oxygen atoms in total. The van der Waals surface area contributed by atoms with Crippen molar-refractivity contribution in [1.82, 2.24) is 20.3 Å². The smallest absolute Gasteiger partial charge is 0.370 e. The maximum Gasteiger partial charge on any atom is 0.418 e. The van der Waals surface area contributed by atoms with Crippen molar-refractivity contribution in [3.8, 4) is 0 Å². The predicted molar refractivity (Wildman–Crippen MR) is 84.5 cm³/mol. The average Bonchev–Trinajstić information content (AvgIpc) is 3.12. The third-order valence-electron chi connectivity index (χ3n) is 4.61. The second kappa shape index (κ2) is 6.86. The number of piperidine rings is 1. The number of guanidine groups is 1. The zero-order valence-electron chi connectivity index (χ0n) is 13.7. The van der Waals surface area contributed by atoms with E-state index in [0.29, 0.717) is 37.4 Å². The highest BCUT2D eigenvalue weighted by Crippen LogP contribution is 2.30. The molecular formula is C12H20N6O7S. The minimum atomic E-state index is -4.83. The van der Waals surface area contributed by atoms with E-state index in [1.165, 1.54) is 4.90 Å². The highest BCUT2D eigenvalue weighted by molar-refractivity contribution is 7.80. The van der Waals surface area contributed by atoms with Crippen LogP contribution in [0.25, 0.3) is 0 Å². The van der Waals surface area contributed by atoms with Gasteiger partial charge in [-0.1, -0.05) is 0 Å². The lowest BCUT2D eigenvalue weighted by atomic mass is 10.0. The van der Waals surface area contributed by atoms with Crippen molar-refractivity contribution in [1.29, 1.82) is 5.41 Å². The summed E-state index contributed by atoms with van der Waals surface area (Å²) in [4.78, 5) is 32.7. The molecule has 3 fully saturated rings. The van der Waals surface area contributed by atoms with Crippen molar-refractivity contribution in [3.63, 3.8) is 0 Å². The number of carbonyl (C=O) groups is 2. The summed E-state index contributed by atoms with van der Waals surface area (Å²) >= 11 is 0. The molecule has 0 aliphatic carbocycles. The number of urea groups is 1. The Kier molecular flexibility index (Phi) is 4.92. The van der Waals surface area contributed by atoms with Crippen LogP contribution in [0.15, 0.2) is 0 Å². The number of rotatable bonds is 5. The Bertz CT molecular complexity index is 715. The van der Waals surface area contributed by atoms with Gasteiger partial charge in [-0.25, -0.2) is 10.3 Å². The molecule has 146 valence electrons. The molecular weight excluding hydrogens is 372 g/mol. The van der Waals surface area contributed by atoms with Crippen LogP contribution in [0.5, 0.6) is 0 Å². The van der Waals surface area contributed by atoms with Gasteiger partial charge >= 0.3 is 16.4 Å². The first kappa shape index (κ1) is 18.6. The molecule has 26 heavy (non-hydrogen) atoms. The van der Waals surface area contributed by atoms with Gasteiger partial charge in [-0.05, 0) is 19.3 Å². The Morgan fingerprint density at radius 1 is 1.31 bits per heavy atom. The zero-order chi connectivity index (χ0) is 19.1. The van der Waals surface area contributed by atoms with E-state index in [4.69, 9.17) is 20.5 Å². The van der Waals surface area contributed by atoms with Gasteiger partial charge in [-0.3, -0.25) is 19.6 Å². The Morgan fingerprint density at radius 3 is 2.65 bits per heavy atom. The van der Waals surface area contributed by atoms with Gasteiger partial charge in [0.1, 0.15) is 12.1 Å². The molecule has 3 aliphatic heterocycles. The number of hydrogen-bond acceptors (Lipinski definition) is 7. The maximum atomic E-state index is 12.4. The summed E-state index contributed by atoms with van der Waals surface area (Å²) in [5.41, 5.74) is 7.71. The average molecular weight is 392 g/mol. The van der Waals surface area contributed by atoms with Crippen molar-refractivity contribution < 1.29 is 31.7 Å². The summed E-state index contributed by atoms with van der Waals surface area (Å²) in [7, 11) is -4.83. The third kappa shape index (κ3) is 3.82. The maximum absolute atomic E-state index is 12.4. The summed E-state index contributed by atoms with van der Waals surface area (Å²) in [5, 5.41) is 7.93. The lowest BCUT2D eigenvalue weighted by Crippen LogP contribution is -2.50. The Balaban J connectivity index is 1.55. The third-order valence-corrected chi connectivity index (χ3v) is 4.96. The van der Waals surface area contributed by atoms with Crippen LogP contribution in [-0.4, -0.2) is 83.6 Å². The molecule has 0 spiro atoms. The van der Waals surface area contributed by atoms with Gasteiger partial charge in [0.15, 0.2) is 5.96 Å². The molecule has 3 aliphatic rings. The summed E-state index contributed by atoms with van der Waals surface area (Å²) < 4.78 is 34.8. The highest BCUT2D eigenvalue weighted by atomic mass is 32.3. The number of carbonyl (C=O) groups excluding carboxylic acids is 2. The van der Waals surface area contributed by atoms with Crippen LogP contribution in [0.4, 0.5) is 4.79 Å². The number of likely N-dealkylation sites (tertiary alicyclic amines) is 1. The van der Waals surface area contributed by atoms with E-state index in [-0.39, 0.29) is 18.6 Å². The summed E-state index contributed by atoms with van der Waals surface area (Å²) in [6.07, 6.45) is 0.886. The van der Waals surface area contributed by atoms with Crippen LogP contribution in [0.3, 0.4) is 0 Å². The monoisotopic (exact) mass is 392 g/mol. The molecule has 3 heterocycles. The normalized spacial score (nSPS) is 28.6. The fraction of sp³-hybridized carbons (Fsp3) is 0.750. The fourth-order valence-corrected chi connectivity index (χ4v) is 3.75. The van der Waals surface area contributed by atoms with Gasteiger partial charge in [0, 0.05) is 19.6 Å². The molecule has 0 saturated carbocycles. The van der Waals surface area contributed by atoms with Crippen LogP contribution in [-0.2, 0) is 24.3 Å². The SMILES string of the molecule is N=C(N)N1CCC(ONC(=O)[C@@H]2CCC3CN2C(=O)N3OS(=O)(=O)O)C1. The van der Waals surface area contributed by atoms with Gasteiger partial charge in [0.05, 0.1) is 6.04 Å². The van der Waals surface area contributed by atoms with E-state index in [1.807, 2.05) is 0 Å². The van der Waals surface area contributed by atoms with E-state index >= 15 is 0 Å². The molecule has 0 aromatic heterocycles. The Labute approximate surface area is 149 Å². The highest BCUT2D eigenvalue weighted by Gasteiger charge is 2.49. The van der Waals surface area contributed by atoms with Gasteiger partial charge in [0.25, 0.3) is 5.91 Å². The van der Waals surface area contributed by atoms with Gasteiger partial charge in [-0.2, -0.15) is 13.5 Å². The van der Waals surface area contributed by atoms with Crippen molar-refractivity contribution in [3.05, 3.63) is 0 Å². The lowest BCUT2D eigenvalue weighted by molar-refractivity contribution is -0.143. The van der Waals surface area contributed by atoms with E-state index in [0.717, 1.165) is 0 Å². The zero-order valence-corrected chi connectivity index (χ0v) is 14.5. The number of hydroxylamine groups is 3. The molecule has 0 radical (unpaired) electrons. The first-order valence-electron chi connectivity index (χ1n) is 7.97. The number of hydrogen-bond donors (Lipinski definition) is 4. The molecule has 0 aromatic rings. The molecule has 3 atom stereocenters.